The number of carbonyl (C=O) groups excluding carboxylic acids is 3. The molecule has 3 amide bonds. The van der Waals surface area contributed by atoms with E-state index in [1.165, 1.54) is 12.1 Å². The summed E-state index contributed by atoms with van der Waals surface area (Å²) in [5, 5.41) is 2.70. The second-order valence-corrected chi connectivity index (χ2v) is 6.15. The predicted octanol–water partition coefficient (Wildman–Crippen LogP) is 2.43. The molecule has 2 aromatic rings. The lowest BCUT2D eigenvalue weighted by molar-refractivity contribution is -0.124. The van der Waals surface area contributed by atoms with E-state index in [-0.39, 0.29) is 17.4 Å². The Labute approximate surface area is 157 Å². The summed E-state index contributed by atoms with van der Waals surface area (Å²) in [5.74, 6) is -2.11. The summed E-state index contributed by atoms with van der Waals surface area (Å²) in [5.41, 5.74) is 5.24. The van der Waals surface area contributed by atoms with Crippen molar-refractivity contribution >= 4 is 17.7 Å². The molecule has 0 unspecified atom stereocenters. The maximum atomic E-state index is 12.9. The van der Waals surface area contributed by atoms with E-state index in [9.17, 15) is 18.8 Å². The molecule has 2 rings (SSSR count). The van der Waals surface area contributed by atoms with Crippen molar-refractivity contribution in [3.05, 3.63) is 71.5 Å². The summed E-state index contributed by atoms with van der Waals surface area (Å²) >= 11 is 0. The molecule has 0 saturated heterocycles. The molecule has 0 aromatic heterocycles. The summed E-state index contributed by atoms with van der Waals surface area (Å²) in [4.78, 5) is 36.9. The van der Waals surface area contributed by atoms with Crippen molar-refractivity contribution in [2.24, 2.45) is 5.92 Å². The van der Waals surface area contributed by atoms with Gasteiger partial charge in [0.25, 0.3) is 17.7 Å². The van der Waals surface area contributed by atoms with Gasteiger partial charge in [-0.05, 0) is 42.3 Å². The van der Waals surface area contributed by atoms with Crippen molar-refractivity contribution in [1.29, 1.82) is 0 Å². The zero-order chi connectivity index (χ0) is 19.8. The van der Waals surface area contributed by atoms with E-state index in [0.717, 1.165) is 12.1 Å². The number of benzene rings is 2. The molecule has 0 radical (unpaired) electrons. The van der Waals surface area contributed by atoms with Crippen molar-refractivity contribution in [2.75, 3.05) is 0 Å². The monoisotopic (exact) mass is 371 g/mol. The molecule has 2 aromatic carbocycles. The van der Waals surface area contributed by atoms with Gasteiger partial charge in [-0.15, -0.1) is 0 Å². The Morgan fingerprint density at radius 1 is 0.889 bits per heavy atom. The number of hydrazine groups is 1. The summed E-state index contributed by atoms with van der Waals surface area (Å²) in [7, 11) is 0. The number of rotatable bonds is 6. The molecule has 0 aliphatic carbocycles. The first-order valence-corrected chi connectivity index (χ1v) is 8.64. The summed E-state index contributed by atoms with van der Waals surface area (Å²) in [6, 6.07) is 12.6. The third-order valence-corrected chi connectivity index (χ3v) is 4.22. The predicted molar refractivity (Wildman–Crippen MR) is 99.2 cm³/mol. The third kappa shape index (κ3) is 5.64. The molecule has 3 N–H and O–H groups in total. The van der Waals surface area contributed by atoms with E-state index >= 15 is 0 Å². The Bertz CT molecular complexity index is 794. The van der Waals surface area contributed by atoms with Crippen LogP contribution in [0.2, 0.25) is 0 Å². The van der Waals surface area contributed by atoms with Crippen LogP contribution in [0, 0.1) is 11.7 Å². The van der Waals surface area contributed by atoms with Crippen molar-refractivity contribution in [3.63, 3.8) is 0 Å². The highest BCUT2D eigenvalue weighted by atomic mass is 19.1. The smallest absolute Gasteiger partial charge is 0.269 e. The van der Waals surface area contributed by atoms with Crippen molar-refractivity contribution in [3.8, 4) is 0 Å². The van der Waals surface area contributed by atoms with E-state index in [1.807, 2.05) is 13.8 Å². The van der Waals surface area contributed by atoms with Crippen LogP contribution in [0.3, 0.4) is 0 Å². The van der Waals surface area contributed by atoms with Crippen molar-refractivity contribution in [1.82, 2.24) is 16.2 Å². The van der Waals surface area contributed by atoms with Gasteiger partial charge in [0.2, 0.25) is 0 Å². The van der Waals surface area contributed by atoms with Gasteiger partial charge in [0.1, 0.15) is 11.9 Å². The molecule has 0 aliphatic rings. The van der Waals surface area contributed by atoms with Gasteiger partial charge in [0, 0.05) is 11.1 Å². The van der Waals surface area contributed by atoms with Gasteiger partial charge >= 0.3 is 0 Å². The molecule has 2 atom stereocenters. The summed E-state index contributed by atoms with van der Waals surface area (Å²) < 4.78 is 12.9. The van der Waals surface area contributed by atoms with E-state index in [0.29, 0.717) is 12.0 Å². The molecule has 142 valence electrons. The molecule has 0 fully saturated rings. The summed E-state index contributed by atoms with van der Waals surface area (Å²) in [6.45, 7) is 3.73. The van der Waals surface area contributed by atoms with Gasteiger partial charge in [-0.3, -0.25) is 25.2 Å². The summed E-state index contributed by atoms with van der Waals surface area (Å²) in [6.07, 6.45) is 0.652. The van der Waals surface area contributed by atoms with Gasteiger partial charge in [-0.25, -0.2) is 4.39 Å². The molecule has 0 bridgehead atoms. The Balaban J connectivity index is 2.00. The molecule has 27 heavy (non-hydrogen) atoms. The Morgan fingerprint density at radius 3 is 2.07 bits per heavy atom. The molecular weight excluding hydrogens is 349 g/mol. The van der Waals surface area contributed by atoms with E-state index in [2.05, 4.69) is 16.2 Å². The zero-order valence-electron chi connectivity index (χ0n) is 15.2. The lowest BCUT2D eigenvalue weighted by Crippen LogP contribution is -2.54. The average molecular weight is 371 g/mol. The van der Waals surface area contributed by atoms with Gasteiger partial charge in [-0.1, -0.05) is 38.5 Å². The fourth-order valence-electron chi connectivity index (χ4n) is 2.39. The van der Waals surface area contributed by atoms with Crippen LogP contribution in [0.15, 0.2) is 54.6 Å². The number of halogens is 1. The van der Waals surface area contributed by atoms with Crippen LogP contribution in [0.1, 0.15) is 41.0 Å². The van der Waals surface area contributed by atoms with Crippen molar-refractivity contribution < 1.29 is 18.8 Å². The Morgan fingerprint density at radius 2 is 1.48 bits per heavy atom. The minimum Gasteiger partial charge on any atom is -0.340 e. The number of hydrogen-bond donors (Lipinski definition) is 3. The van der Waals surface area contributed by atoms with Crippen LogP contribution in [0.5, 0.6) is 0 Å². The van der Waals surface area contributed by atoms with E-state index in [4.69, 9.17) is 0 Å². The quantitative estimate of drug-likeness (QED) is 0.682. The van der Waals surface area contributed by atoms with Gasteiger partial charge < -0.3 is 5.32 Å². The highest BCUT2D eigenvalue weighted by Crippen LogP contribution is 2.10. The third-order valence-electron chi connectivity index (χ3n) is 4.22. The van der Waals surface area contributed by atoms with Crippen LogP contribution in [-0.4, -0.2) is 23.8 Å². The van der Waals surface area contributed by atoms with Crippen LogP contribution in [0.25, 0.3) is 0 Å². The lowest BCUT2D eigenvalue weighted by Gasteiger charge is -2.23. The number of hydrogen-bond acceptors (Lipinski definition) is 3. The lowest BCUT2D eigenvalue weighted by atomic mass is 9.98. The molecule has 7 heteroatoms. The number of amides is 3. The first kappa shape index (κ1) is 20.1. The van der Waals surface area contributed by atoms with E-state index < -0.39 is 23.7 Å². The normalized spacial score (nSPS) is 12.6. The van der Waals surface area contributed by atoms with Crippen LogP contribution in [-0.2, 0) is 4.79 Å². The average Bonchev–Trinajstić information content (AvgIpc) is 2.70. The van der Waals surface area contributed by atoms with Crippen LogP contribution >= 0.6 is 0 Å². The zero-order valence-corrected chi connectivity index (χ0v) is 15.2. The van der Waals surface area contributed by atoms with Crippen molar-refractivity contribution in [2.45, 2.75) is 26.3 Å². The van der Waals surface area contributed by atoms with Gasteiger partial charge in [-0.2, -0.15) is 0 Å². The molecule has 6 nitrogen and oxygen atoms in total. The highest BCUT2D eigenvalue weighted by molar-refractivity contribution is 5.99. The molecule has 0 spiro atoms. The van der Waals surface area contributed by atoms with Crippen LogP contribution < -0.4 is 16.2 Å². The molecular formula is C20H22FN3O3. The number of carbonyl (C=O) groups is 3. The Hall–Kier alpha value is -3.22. The highest BCUT2D eigenvalue weighted by Gasteiger charge is 2.26. The Kier molecular flexibility index (Phi) is 7.05. The van der Waals surface area contributed by atoms with Gasteiger partial charge in [0.05, 0.1) is 0 Å². The SMILES string of the molecule is CC[C@H](C)[C@H](NC(=O)c1ccccc1)C(=O)NNC(=O)c1ccc(F)cc1. The van der Waals surface area contributed by atoms with E-state index in [1.54, 1.807) is 30.3 Å². The fourth-order valence-corrected chi connectivity index (χ4v) is 2.39. The second kappa shape index (κ2) is 9.47. The maximum Gasteiger partial charge on any atom is 0.269 e. The van der Waals surface area contributed by atoms with Gasteiger partial charge in [0.15, 0.2) is 0 Å². The topological polar surface area (TPSA) is 87.3 Å². The minimum absolute atomic E-state index is 0.152. The second-order valence-electron chi connectivity index (χ2n) is 6.15. The fraction of sp³-hybridized carbons (Fsp3) is 0.250. The molecule has 0 saturated carbocycles. The number of nitrogens with one attached hydrogen (secondary N) is 3. The van der Waals surface area contributed by atoms with Crippen LogP contribution in [0.4, 0.5) is 4.39 Å². The molecule has 0 aliphatic heterocycles. The maximum absolute atomic E-state index is 12.9. The largest absolute Gasteiger partial charge is 0.340 e. The first-order valence-electron chi connectivity index (χ1n) is 8.64. The molecule has 0 heterocycles. The standard InChI is InChI=1S/C20H22FN3O3/c1-3-13(2)17(22-18(25)14-7-5-4-6-8-14)20(27)24-23-19(26)15-9-11-16(21)12-10-15/h4-13,17H,3H2,1-2H3,(H,22,25)(H,23,26)(H,24,27)/t13-,17-/m0/s1. The first-order chi connectivity index (χ1) is 12.9. The minimum atomic E-state index is -0.823.